The highest BCUT2D eigenvalue weighted by atomic mass is 32.2. The second-order valence-corrected chi connectivity index (χ2v) is 8.04. The fourth-order valence-corrected chi connectivity index (χ4v) is 3.46. The van der Waals surface area contributed by atoms with Crippen molar-refractivity contribution < 1.29 is 22.0 Å². The highest BCUT2D eigenvalue weighted by Gasteiger charge is 2.30. The number of hydrogen-bond donors (Lipinski definition) is 3. The lowest BCUT2D eigenvalue weighted by atomic mass is 10.2. The number of hydrogen-bond acceptors (Lipinski definition) is 8. The smallest absolute Gasteiger partial charge is 0.341 e. The number of benzene rings is 1. The van der Waals surface area contributed by atoms with E-state index < -0.39 is 26.4 Å². The normalized spacial score (nSPS) is 11.2. The highest BCUT2D eigenvalue weighted by molar-refractivity contribution is 7.91. The van der Waals surface area contributed by atoms with Gasteiger partial charge in [-0.25, -0.2) is 8.42 Å². The molecule has 2 heterocycles. The molecule has 0 saturated heterocycles. The van der Waals surface area contributed by atoms with Gasteiger partial charge in [-0.2, -0.15) is 8.78 Å². The van der Waals surface area contributed by atoms with E-state index in [0.29, 0.717) is 11.6 Å². The van der Waals surface area contributed by atoms with Crippen LogP contribution in [0.5, 0.6) is 0 Å². The van der Waals surface area contributed by atoms with Crippen LogP contribution in [0.3, 0.4) is 0 Å². The number of rotatable bonds is 9. The minimum absolute atomic E-state index is 0.0978. The van der Waals surface area contributed by atoms with E-state index in [1.165, 1.54) is 18.2 Å². The molecule has 3 aromatic rings. The molecule has 0 aliphatic carbocycles. The number of carbonyl (C=O) groups excluding carboxylic acids is 1. The third-order valence-electron chi connectivity index (χ3n) is 4.01. The van der Waals surface area contributed by atoms with Crippen molar-refractivity contribution in [3.05, 3.63) is 66.5 Å². The average Bonchev–Trinajstić information content (AvgIpc) is 2.78. The minimum Gasteiger partial charge on any atom is -0.367 e. The molecule has 0 aliphatic rings. The van der Waals surface area contributed by atoms with Crippen LogP contribution in [0.25, 0.3) is 0 Å². The lowest BCUT2D eigenvalue weighted by Crippen LogP contribution is -2.30. The Kier molecular flexibility index (Phi) is 7.03. The minimum atomic E-state index is -4.89. The van der Waals surface area contributed by atoms with Gasteiger partial charge in [0.25, 0.3) is 5.91 Å². The van der Waals surface area contributed by atoms with Crippen LogP contribution in [-0.2, 0) is 9.84 Å². The summed E-state index contributed by atoms with van der Waals surface area (Å²) in [6, 6.07) is 11.8. The molecule has 0 spiro atoms. The second kappa shape index (κ2) is 9.89. The average molecular weight is 448 g/mol. The van der Waals surface area contributed by atoms with Crippen LogP contribution in [0.1, 0.15) is 10.4 Å². The lowest BCUT2D eigenvalue weighted by molar-refractivity contribution is 0.0951. The number of nitrogens with one attached hydrogen (secondary N) is 3. The van der Waals surface area contributed by atoms with Crippen LogP contribution >= 0.6 is 0 Å². The van der Waals surface area contributed by atoms with Gasteiger partial charge in [-0.1, -0.05) is 12.1 Å². The molecule has 12 heteroatoms. The Bertz CT molecular complexity index is 1130. The van der Waals surface area contributed by atoms with Gasteiger partial charge in [-0.3, -0.25) is 9.78 Å². The van der Waals surface area contributed by atoms with Gasteiger partial charge in [0, 0.05) is 31.2 Å². The van der Waals surface area contributed by atoms with E-state index in [9.17, 15) is 22.0 Å². The van der Waals surface area contributed by atoms with Crippen molar-refractivity contribution in [3.8, 4) is 0 Å². The fourth-order valence-electron chi connectivity index (χ4n) is 2.54. The molecule has 2 aromatic heterocycles. The van der Waals surface area contributed by atoms with Crippen molar-refractivity contribution in [1.82, 2.24) is 20.5 Å². The van der Waals surface area contributed by atoms with E-state index in [1.807, 2.05) is 0 Å². The maximum absolute atomic E-state index is 12.8. The molecule has 0 aliphatic heterocycles. The first-order chi connectivity index (χ1) is 14.9. The summed E-state index contributed by atoms with van der Waals surface area (Å²) in [5.74, 6) is -3.40. The fraction of sp³-hybridized carbons (Fsp3) is 0.158. The molecular formula is C19H18F2N6O3S. The molecular weight excluding hydrogens is 430 g/mol. The number of nitrogens with zero attached hydrogens (tertiary/aromatic N) is 3. The number of halogens is 2. The van der Waals surface area contributed by atoms with E-state index in [1.54, 1.807) is 36.7 Å². The third-order valence-corrected chi connectivity index (χ3v) is 5.44. The lowest BCUT2D eigenvalue weighted by Gasteiger charge is -2.11. The summed E-state index contributed by atoms with van der Waals surface area (Å²) in [7, 11) is -4.89. The Morgan fingerprint density at radius 3 is 2.29 bits per heavy atom. The van der Waals surface area contributed by atoms with Crippen molar-refractivity contribution in [1.29, 1.82) is 0 Å². The van der Waals surface area contributed by atoms with Crippen molar-refractivity contribution >= 4 is 33.1 Å². The Balaban J connectivity index is 1.52. The number of sulfone groups is 1. The van der Waals surface area contributed by atoms with E-state index in [2.05, 4.69) is 31.1 Å². The highest BCUT2D eigenvalue weighted by Crippen LogP contribution is 2.22. The van der Waals surface area contributed by atoms with Crippen molar-refractivity contribution in [2.75, 3.05) is 23.7 Å². The molecule has 9 nitrogen and oxygen atoms in total. The molecule has 3 rings (SSSR count). The summed E-state index contributed by atoms with van der Waals surface area (Å²) in [5, 5.41) is 16.5. The van der Waals surface area contributed by atoms with Crippen LogP contribution in [0, 0.1) is 0 Å². The number of pyridine rings is 1. The predicted molar refractivity (Wildman–Crippen MR) is 110 cm³/mol. The number of anilines is 3. The van der Waals surface area contributed by atoms with E-state index in [-0.39, 0.29) is 18.7 Å². The van der Waals surface area contributed by atoms with Gasteiger partial charge in [0.05, 0.1) is 10.5 Å². The maximum atomic E-state index is 12.8. The molecule has 1 amide bonds. The first kappa shape index (κ1) is 22.0. The Morgan fingerprint density at radius 2 is 1.61 bits per heavy atom. The van der Waals surface area contributed by atoms with E-state index in [0.717, 1.165) is 11.8 Å². The first-order valence-corrected chi connectivity index (χ1v) is 10.6. The topological polar surface area (TPSA) is 126 Å². The van der Waals surface area contributed by atoms with E-state index >= 15 is 0 Å². The molecule has 162 valence electrons. The molecule has 1 aromatic carbocycles. The SMILES string of the molecule is O=C(NCCNc1ccc(Nc2ccncc2)nn1)c1ccccc1S(=O)(=O)C(F)F. The Hall–Kier alpha value is -3.67. The quantitative estimate of drug-likeness (QED) is 0.426. The van der Waals surface area contributed by atoms with Gasteiger partial charge < -0.3 is 16.0 Å². The van der Waals surface area contributed by atoms with Crippen LogP contribution in [-0.4, -0.2) is 48.4 Å². The predicted octanol–water partition coefficient (Wildman–Crippen LogP) is 2.45. The van der Waals surface area contributed by atoms with Gasteiger partial charge in [0.15, 0.2) is 5.82 Å². The first-order valence-electron chi connectivity index (χ1n) is 9.02. The van der Waals surface area contributed by atoms with Crippen LogP contribution in [0.4, 0.5) is 26.1 Å². The zero-order valence-corrected chi connectivity index (χ0v) is 16.8. The van der Waals surface area contributed by atoms with Gasteiger partial charge in [0.2, 0.25) is 9.84 Å². The summed E-state index contributed by atoms with van der Waals surface area (Å²) in [6.07, 6.45) is 3.28. The molecule has 31 heavy (non-hydrogen) atoms. The summed E-state index contributed by atoms with van der Waals surface area (Å²) in [4.78, 5) is 15.5. The van der Waals surface area contributed by atoms with Crippen LogP contribution in [0.2, 0.25) is 0 Å². The summed E-state index contributed by atoms with van der Waals surface area (Å²) in [6.45, 7) is 0.349. The Labute approximate surface area is 176 Å². The molecule has 0 atom stereocenters. The van der Waals surface area contributed by atoms with Gasteiger partial charge in [-0.05, 0) is 36.4 Å². The molecule has 0 unspecified atom stereocenters. The van der Waals surface area contributed by atoms with Crippen LogP contribution in [0.15, 0.2) is 65.8 Å². The molecule has 0 bridgehead atoms. The summed E-state index contributed by atoms with van der Waals surface area (Å²) >= 11 is 0. The third kappa shape index (κ3) is 5.69. The Morgan fingerprint density at radius 1 is 0.935 bits per heavy atom. The van der Waals surface area contributed by atoms with Crippen molar-refractivity contribution in [3.63, 3.8) is 0 Å². The number of carbonyl (C=O) groups is 1. The maximum Gasteiger partial charge on any atom is 0.341 e. The van der Waals surface area contributed by atoms with Crippen molar-refractivity contribution in [2.24, 2.45) is 0 Å². The van der Waals surface area contributed by atoms with Gasteiger partial charge >= 0.3 is 5.76 Å². The molecule has 0 saturated carbocycles. The monoisotopic (exact) mass is 448 g/mol. The summed E-state index contributed by atoms with van der Waals surface area (Å²) in [5.41, 5.74) is 0.469. The van der Waals surface area contributed by atoms with Crippen LogP contribution < -0.4 is 16.0 Å². The second-order valence-electron chi connectivity index (χ2n) is 6.15. The zero-order chi connectivity index (χ0) is 22.3. The van der Waals surface area contributed by atoms with Crippen molar-refractivity contribution in [2.45, 2.75) is 10.7 Å². The largest absolute Gasteiger partial charge is 0.367 e. The van der Waals surface area contributed by atoms with E-state index in [4.69, 9.17) is 0 Å². The van der Waals surface area contributed by atoms with Gasteiger partial charge in [0.1, 0.15) is 5.82 Å². The number of amides is 1. The van der Waals surface area contributed by atoms with Gasteiger partial charge in [-0.15, -0.1) is 10.2 Å². The summed E-state index contributed by atoms with van der Waals surface area (Å²) < 4.78 is 49.2. The number of aromatic nitrogens is 3. The zero-order valence-electron chi connectivity index (χ0n) is 16.0. The molecule has 0 radical (unpaired) electrons. The molecule has 0 fully saturated rings. The standard InChI is InChI=1S/C19H18F2N6O3S/c20-19(21)31(29,30)15-4-2-1-3-14(15)18(28)24-12-11-23-16-5-6-17(27-26-16)25-13-7-9-22-10-8-13/h1-10,19H,11-12H2,(H,23,26)(H,24,28)(H,22,25,27). The molecule has 3 N–H and O–H groups in total. The number of alkyl halides is 2.